The lowest BCUT2D eigenvalue weighted by atomic mass is 9.93. The van der Waals surface area contributed by atoms with Gasteiger partial charge in [-0.25, -0.2) is 0 Å². The van der Waals surface area contributed by atoms with Gasteiger partial charge in [-0.2, -0.15) is 5.10 Å². The molecule has 1 heterocycles. The SMILES string of the molecule is CC(C)(CBr)c1c[c][nH]n1. The number of alkyl halides is 1. The second-order valence-corrected chi connectivity index (χ2v) is 3.48. The van der Waals surface area contributed by atoms with Gasteiger partial charge in [0.15, 0.2) is 0 Å². The van der Waals surface area contributed by atoms with Crippen molar-refractivity contribution in [3.63, 3.8) is 0 Å². The number of nitrogens with zero attached hydrogens (tertiary/aromatic N) is 1. The monoisotopic (exact) mass is 201 g/mol. The van der Waals surface area contributed by atoms with Crippen LogP contribution in [-0.2, 0) is 5.41 Å². The molecule has 0 unspecified atom stereocenters. The highest BCUT2D eigenvalue weighted by Gasteiger charge is 2.20. The van der Waals surface area contributed by atoms with Crippen molar-refractivity contribution in [1.82, 2.24) is 10.2 Å². The predicted octanol–water partition coefficient (Wildman–Crippen LogP) is 1.88. The van der Waals surface area contributed by atoms with Crippen LogP contribution in [0.15, 0.2) is 6.07 Å². The summed E-state index contributed by atoms with van der Waals surface area (Å²) in [6.07, 6.45) is 2.81. The van der Waals surface area contributed by atoms with Gasteiger partial charge in [0.05, 0.1) is 11.9 Å². The molecule has 0 saturated carbocycles. The van der Waals surface area contributed by atoms with Crippen molar-refractivity contribution in [3.8, 4) is 0 Å². The first-order valence-corrected chi connectivity index (χ1v) is 4.27. The number of aromatic amines is 1. The molecule has 1 aromatic rings. The van der Waals surface area contributed by atoms with Crippen LogP contribution in [0.4, 0.5) is 0 Å². The number of aromatic nitrogens is 2. The van der Waals surface area contributed by atoms with Gasteiger partial charge in [0.2, 0.25) is 0 Å². The van der Waals surface area contributed by atoms with Crippen LogP contribution < -0.4 is 0 Å². The second-order valence-electron chi connectivity index (χ2n) is 2.92. The molecule has 0 atom stereocenters. The van der Waals surface area contributed by atoms with E-state index in [-0.39, 0.29) is 5.41 Å². The van der Waals surface area contributed by atoms with Crippen molar-refractivity contribution in [2.75, 3.05) is 5.33 Å². The van der Waals surface area contributed by atoms with Crippen molar-refractivity contribution < 1.29 is 0 Å². The molecule has 1 N–H and O–H groups in total. The summed E-state index contributed by atoms with van der Waals surface area (Å²) in [6.45, 7) is 4.26. The third-order valence-corrected chi connectivity index (χ3v) is 2.88. The molecule has 55 valence electrons. The van der Waals surface area contributed by atoms with E-state index in [0.717, 1.165) is 11.0 Å². The van der Waals surface area contributed by atoms with Crippen LogP contribution in [0.25, 0.3) is 0 Å². The summed E-state index contributed by atoms with van der Waals surface area (Å²) in [7, 11) is 0. The van der Waals surface area contributed by atoms with Gasteiger partial charge in [-0.1, -0.05) is 29.8 Å². The summed E-state index contributed by atoms with van der Waals surface area (Å²) in [5, 5.41) is 7.64. The van der Waals surface area contributed by atoms with Crippen molar-refractivity contribution >= 4 is 15.9 Å². The lowest BCUT2D eigenvalue weighted by Gasteiger charge is -2.17. The first-order valence-electron chi connectivity index (χ1n) is 3.15. The molecular weight excluding hydrogens is 192 g/mol. The zero-order chi connectivity index (χ0) is 7.61. The Bertz CT molecular complexity index is 191. The summed E-state index contributed by atoms with van der Waals surface area (Å²) in [4.78, 5) is 0. The van der Waals surface area contributed by atoms with Gasteiger partial charge in [-0.15, -0.1) is 0 Å². The smallest absolute Gasteiger partial charge is 0.0831 e. The molecule has 0 amide bonds. The lowest BCUT2D eigenvalue weighted by Crippen LogP contribution is -2.19. The molecule has 1 radical (unpaired) electrons. The van der Waals surface area contributed by atoms with Gasteiger partial charge in [0.25, 0.3) is 0 Å². The molecule has 1 rings (SSSR count). The summed E-state index contributed by atoms with van der Waals surface area (Å²) in [6, 6.07) is 1.88. The molecule has 0 spiro atoms. The number of rotatable bonds is 2. The van der Waals surface area contributed by atoms with E-state index in [0.29, 0.717) is 0 Å². The Morgan fingerprint density at radius 1 is 1.80 bits per heavy atom. The quantitative estimate of drug-likeness (QED) is 0.728. The Kier molecular flexibility index (Phi) is 2.14. The fourth-order valence-corrected chi connectivity index (χ4v) is 0.928. The van der Waals surface area contributed by atoms with Crippen LogP contribution in [0, 0.1) is 6.20 Å². The van der Waals surface area contributed by atoms with Gasteiger partial charge >= 0.3 is 0 Å². The molecule has 0 bridgehead atoms. The van der Waals surface area contributed by atoms with E-state index in [1.165, 1.54) is 0 Å². The number of H-pyrrole nitrogens is 1. The van der Waals surface area contributed by atoms with Crippen LogP contribution in [-0.4, -0.2) is 15.5 Å². The summed E-state index contributed by atoms with van der Waals surface area (Å²) in [5.74, 6) is 0. The minimum atomic E-state index is 0.108. The van der Waals surface area contributed by atoms with E-state index in [4.69, 9.17) is 0 Å². The Hall–Kier alpha value is -0.310. The maximum absolute atomic E-state index is 4.05. The summed E-state index contributed by atoms with van der Waals surface area (Å²) >= 11 is 3.42. The van der Waals surface area contributed by atoms with Crippen molar-refractivity contribution in [3.05, 3.63) is 18.0 Å². The van der Waals surface area contributed by atoms with Crippen LogP contribution >= 0.6 is 15.9 Å². The number of nitrogens with one attached hydrogen (secondary N) is 1. The Balaban J connectivity index is 2.85. The molecule has 0 aromatic carbocycles. The minimum Gasteiger partial charge on any atom is -0.276 e. The number of hydrogen-bond donors (Lipinski definition) is 1. The fourth-order valence-electron chi connectivity index (χ4n) is 0.641. The third kappa shape index (κ3) is 1.40. The van der Waals surface area contributed by atoms with Gasteiger partial charge in [0, 0.05) is 10.7 Å². The molecule has 1 aromatic heterocycles. The average molecular weight is 202 g/mol. The highest BCUT2D eigenvalue weighted by Crippen LogP contribution is 2.22. The van der Waals surface area contributed by atoms with E-state index in [9.17, 15) is 0 Å². The van der Waals surface area contributed by atoms with Gasteiger partial charge in [0.1, 0.15) is 0 Å². The molecule has 0 fully saturated rings. The van der Waals surface area contributed by atoms with Crippen LogP contribution in [0.1, 0.15) is 19.5 Å². The summed E-state index contributed by atoms with van der Waals surface area (Å²) in [5.41, 5.74) is 1.15. The minimum absolute atomic E-state index is 0.108. The zero-order valence-corrected chi connectivity index (χ0v) is 7.70. The third-order valence-electron chi connectivity index (χ3n) is 1.48. The maximum Gasteiger partial charge on any atom is 0.0831 e. The van der Waals surface area contributed by atoms with Crippen LogP contribution in [0.2, 0.25) is 0 Å². The zero-order valence-electron chi connectivity index (χ0n) is 6.11. The normalized spacial score (nSPS) is 11.9. The number of hydrogen-bond acceptors (Lipinski definition) is 1. The highest BCUT2D eigenvalue weighted by molar-refractivity contribution is 9.09. The Labute approximate surface area is 69.2 Å². The standard InChI is InChI=1S/C7H10BrN2/c1-7(2,5-8)6-3-4-9-10-6/h3H,5H2,1-2H3,(H,9,10). The lowest BCUT2D eigenvalue weighted by molar-refractivity contribution is 0.582. The predicted molar refractivity (Wildman–Crippen MR) is 44.2 cm³/mol. The molecule has 0 aliphatic heterocycles. The molecular formula is C7H10BrN2. The average Bonchev–Trinajstić information content (AvgIpc) is 2.38. The summed E-state index contributed by atoms with van der Waals surface area (Å²) < 4.78 is 0. The highest BCUT2D eigenvalue weighted by atomic mass is 79.9. The Morgan fingerprint density at radius 2 is 2.50 bits per heavy atom. The van der Waals surface area contributed by atoms with E-state index in [1.54, 1.807) is 0 Å². The van der Waals surface area contributed by atoms with Gasteiger partial charge < -0.3 is 0 Å². The largest absolute Gasteiger partial charge is 0.276 e. The van der Waals surface area contributed by atoms with Crippen LogP contribution in [0.5, 0.6) is 0 Å². The van der Waals surface area contributed by atoms with E-state index in [1.807, 2.05) is 6.07 Å². The Morgan fingerprint density at radius 3 is 2.90 bits per heavy atom. The van der Waals surface area contributed by atoms with Crippen molar-refractivity contribution in [2.24, 2.45) is 0 Å². The van der Waals surface area contributed by atoms with Gasteiger partial charge in [-0.3, -0.25) is 5.10 Å². The van der Waals surface area contributed by atoms with Gasteiger partial charge in [-0.05, 0) is 6.07 Å². The van der Waals surface area contributed by atoms with E-state index < -0.39 is 0 Å². The fraction of sp³-hybridized carbons (Fsp3) is 0.571. The second kappa shape index (κ2) is 2.74. The number of halogens is 1. The van der Waals surface area contributed by atoms with Crippen molar-refractivity contribution in [2.45, 2.75) is 19.3 Å². The molecule has 10 heavy (non-hydrogen) atoms. The van der Waals surface area contributed by atoms with E-state index in [2.05, 4.69) is 46.2 Å². The first kappa shape index (κ1) is 7.79. The molecule has 0 saturated heterocycles. The maximum atomic E-state index is 4.05. The topological polar surface area (TPSA) is 28.7 Å². The van der Waals surface area contributed by atoms with E-state index >= 15 is 0 Å². The first-order chi connectivity index (χ1) is 4.67. The molecule has 2 nitrogen and oxygen atoms in total. The molecule has 0 aliphatic carbocycles. The van der Waals surface area contributed by atoms with Crippen molar-refractivity contribution in [1.29, 1.82) is 0 Å². The molecule has 3 heteroatoms. The molecule has 0 aliphatic rings. The van der Waals surface area contributed by atoms with Crippen LogP contribution in [0.3, 0.4) is 0 Å².